The zero-order chi connectivity index (χ0) is 20.6. The Balaban J connectivity index is 1.97. The largest absolute Gasteiger partial charge is 0.355 e. The second kappa shape index (κ2) is 10.2. The van der Waals surface area contributed by atoms with Gasteiger partial charge in [-0.3, -0.25) is 0 Å². The highest BCUT2D eigenvalue weighted by Crippen LogP contribution is 2.28. The van der Waals surface area contributed by atoms with Crippen LogP contribution in [-0.2, 0) is 6.54 Å². The van der Waals surface area contributed by atoms with Crippen molar-refractivity contribution in [3.63, 3.8) is 0 Å². The van der Waals surface area contributed by atoms with E-state index in [0.717, 1.165) is 38.0 Å². The molecule has 0 fully saturated rings. The van der Waals surface area contributed by atoms with Crippen LogP contribution in [0.2, 0.25) is 0 Å². The van der Waals surface area contributed by atoms with Crippen LogP contribution in [0.1, 0.15) is 52.0 Å². The summed E-state index contributed by atoms with van der Waals surface area (Å²) in [4.78, 5) is 7.57. The van der Waals surface area contributed by atoms with E-state index in [1.165, 1.54) is 28.0 Å². The molecule has 2 aliphatic rings. The predicted octanol–water partition coefficient (Wildman–Crippen LogP) is 7.00. The molecule has 1 aromatic carbocycles. The molecule has 1 aromatic rings. The zero-order valence-corrected chi connectivity index (χ0v) is 18.4. The monoisotopic (exact) mass is 386 g/mol. The molecule has 29 heavy (non-hydrogen) atoms. The van der Waals surface area contributed by atoms with Crippen LogP contribution < -0.4 is 0 Å². The third-order valence-corrected chi connectivity index (χ3v) is 5.72. The van der Waals surface area contributed by atoms with E-state index in [0.29, 0.717) is 5.92 Å². The fourth-order valence-corrected chi connectivity index (χ4v) is 3.92. The molecule has 0 aliphatic heterocycles. The number of rotatable bonds is 7. The molecule has 0 heterocycles. The van der Waals surface area contributed by atoms with Crippen LogP contribution >= 0.6 is 0 Å². The Bertz CT molecular complexity index is 878. The Labute approximate surface area is 176 Å². The van der Waals surface area contributed by atoms with E-state index < -0.39 is 0 Å². The van der Waals surface area contributed by atoms with Crippen molar-refractivity contribution >= 4 is 5.71 Å². The van der Waals surface area contributed by atoms with Gasteiger partial charge in [-0.2, -0.15) is 0 Å². The molecule has 1 atom stereocenters. The molecule has 0 radical (unpaired) electrons. The summed E-state index contributed by atoms with van der Waals surface area (Å²) in [5, 5.41) is 0. The Morgan fingerprint density at radius 1 is 1.10 bits per heavy atom. The van der Waals surface area contributed by atoms with Crippen molar-refractivity contribution in [2.75, 3.05) is 7.05 Å². The van der Waals surface area contributed by atoms with Crippen LogP contribution in [0.4, 0.5) is 0 Å². The Morgan fingerprint density at radius 3 is 2.52 bits per heavy atom. The first-order chi connectivity index (χ1) is 14.1. The van der Waals surface area contributed by atoms with Crippen molar-refractivity contribution in [3.8, 4) is 0 Å². The molecule has 0 aromatic heterocycles. The number of hydrogen-bond acceptors (Lipinski definition) is 2. The van der Waals surface area contributed by atoms with E-state index in [1.807, 2.05) is 0 Å². The maximum atomic E-state index is 5.26. The molecular weight excluding hydrogens is 352 g/mol. The minimum absolute atomic E-state index is 0.407. The van der Waals surface area contributed by atoms with E-state index in [4.69, 9.17) is 4.99 Å². The van der Waals surface area contributed by atoms with Gasteiger partial charge in [-0.1, -0.05) is 79.3 Å². The number of hydrogen-bond donors (Lipinski definition) is 0. The number of nitrogens with zero attached hydrogens (tertiary/aromatic N) is 2. The molecule has 2 heteroatoms. The van der Waals surface area contributed by atoms with E-state index in [9.17, 15) is 0 Å². The van der Waals surface area contributed by atoms with Crippen molar-refractivity contribution in [3.05, 3.63) is 94.9 Å². The summed E-state index contributed by atoms with van der Waals surface area (Å²) in [6.45, 7) is 7.48. The van der Waals surface area contributed by atoms with Crippen LogP contribution in [0.25, 0.3) is 0 Å². The molecule has 152 valence electrons. The van der Waals surface area contributed by atoms with Gasteiger partial charge in [0, 0.05) is 25.2 Å². The van der Waals surface area contributed by atoms with Crippen LogP contribution in [0.15, 0.2) is 94.3 Å². The second-order valence-electron chi connectivity index (χ2n) is 8.05. The average molecular weight is 387 g/mol. The molecule has 1 unspecified atom stereocenters. The smallest absolute Gasteiger partial charge is 0.128 e. The minimum Gasteiger partial charge on any atom is -0.355 e. The molecule has 0 bridgehead atoms. The third kappa shape index (κ3) is 5.69. The van der Waals surface area contributed by atoms with Crippen LogP contribution in [0.3, 0.4) is 0 Å². The highest BCUT2D eigenvalue weighted by atomic mass is 15.2. The number of aliphatic imine (C=N–C) groups is 1. The van der Waals surface area contributed by atoms with Crippen molar-refractivity contribution in [2.24, 2.45) is 10.9 Å². The fourth-order valence-electron chi connectivity index (χ4n) is 3.92. The van der Waals surface area contributed by atoms with Gasteiger partial charge in [-0.15, -0.1) is 0 Å². The Kier molecular flexibility index (Phi) is 7.46. The van der Waals surface area contributed by atoms with Crippen LogP contribution in [-0.4, -0.2) is 17.7 Å². The van der Waals surface area contributed by atoms with Gasteiger partial charge in [0.2, 0.25) is 0 Å². The van der Waals surface area contributed by atoms with Gasteiger partial charge in [0.05, 0.1) is 0 Å². The standard InChI is InChI=1S/C27H34N2/c1-5-26(25-14-10-7-11-15-25)28-27(22(3)24-18-16-21(2)17-19-24)29(4)20-23-12-8-6-9-13-23/h6,8-10,12-18,24H,5,7,11,19-20H2,1-4H3/b27-22+,28-26+. The molecule has 3 rings (SSSR count). The van der Waals surface area contributed by atoms with Gasteiger partial charge < -0.3 is 4.90 Å². The maximum absolute atomic E-state index is 5.26. The average Bonchev–Trinajstić information content (AvgIpc) is 2.76. The van der Waals surface area contributed by atoms with E-state index >= 15 is 0 Å². The van der Waals surface area contributed by atoms with Gasteiger partial charge in [-0.25, -0.2) is 4.99 Å². The van der Waals surface area contributed by atoms with Gasteiger partial charge in [-0.05, 0) is 56.2 Å². The van der Waals surface area contributed by atoms with Gasteiger partial charge in [0.15, 0.2) is 0 Å². The third-order valence-electron chi connectivity index (χ3n) is 5.72. The lowest BCUT2D eigenvalue weighted by Gasteiger charge is -2.26. The lowest BCUT2D eigenvalue weighted by atomic mass is 9.90. The first-order valence-electron chi connectivity index (χ1n) is 10.8. The quantitative estimate of drug-likeness (QED) is 0.461. The summed E-state index contributed by atoms with van der Waals surface area (Å²) in [7, 11) is 2.17. The molecule has 0 N–H and O–H groups in total. The van der Waals surface area contributed by atoms with Gasteiger partial charge >= 0.3 is 0 Å². The lowest BCUT2D eigenvalue weighted by molar-refractivity contribution is 0.397. The fraction of sp³-hybridized carbons (Fsp3) is 0.370. The SMILES string of the molecule is CC/C(=N\C(=C(\C)C1C=CC(C)=CC1)N(C)Cc1ccccc1)C1=CCCC=C1. The highest BCUT2D eigenvalue weighted by molar-refractivity contribution is 6.03. The number of benzene rings is 1. The normalized spacial score (nSPS) is 20.1. The summed E-state index contributed by atoms with van der Waals surface area (Å²) in [6, 6.07) is 10.7. The maximum Gasteiger partial charge on any atom is 0.128 e. The summed E-state index contributed by atoms with van der Waals surface area (Å²) >= 11 is 0. The predicted molar refractivity (Wildman–Crippen MR) is 126 cm³/mol. The van der Waals surface area contributed by atoms with Crippen molar-refractivity contribution in [1.82, 2.24) is 4.90 Å². The minimum atomic E-state index is 0.407. The molecule has 2 nitrogen and oxygen atoms in total. The molecule has 0 amide bonds. The molecular formula is C27H34N2. The molecule has 0 spiro atoms. The summed E-state index contributed by atoms with van der Waals surface area (Å²) in [5.74, 6) is 1.51. The van der Waals surface area contributed by atoms with Gasteiger partial charge in [0.1, 0.15) is 5.82 Å². The van der Waals surface area contributed by atoms with E-state index in [2.05, 4.69) is 99.5 Å². The Morgan fingerprint density at radius 2 is 1.90 bits per heavy atom. The highest BCUT2D eigenvalue weighted by Gasteiger charge is 2.18. The second-order valence-corrected chi connectivity index (χ2v) is 8.05. The summed E-state index contributed by atoms with van der Waals surface area (Å²) in [6.07, 6.45) is 18.0. The van der Waals surface area contributed by atoms with Gasteiger partial charge in [0.25, 0.3) is 0 Å². The first kappa shape index (κ1) is 21.1. The van der Waals surface area contributed by atoms with E-state index in [1.54, 1.807) is 0 Å². The van der Waals surface area contributed by atoms with E-state index in [-0.39, 0.29) is 0 Å². The van der Waals surface area contributed by atoms with Crippen molar-refractivity contribution in [2.45, 2.75) is 53.0 Å². The van der Waals surface area contributed by atoms with Crippen molar-refractivity contribution < 1.29 is 0 Å². The van der Waals surface area contributed by atoms with Crippen LogP contribution in [0, 0.1) is 5.92 Å². The first-order valence-corrected chi connectivity index (χ1v) is 10.8. The topological polar surface area (TPSA) is 15.6 Å². The Hall–Kier alpha value is -2.61. The summed E-state index contributed by atoms with van der Waals surface area (Å²) < 4.78 is 0. The lowest BCUT2D eigenvalue weighted by Crippen LogP contribution is -2.21. The number of allylic oxidation sites excluding steroid dienone is 9. The van der Waals surface area contributed by atoms with Crippen LogP contribution in [0.5, 0.6) is 0 Å². The van der Waals surface area contributed by atoms with Crippen molar-refractivity contribution in [1.29, 1.82) is 0 Å². The zero-order valence-electron chi connectivity index (χ0n) is 18.4. The summed E-state index contributed by atoms with van der Waals surface area (Å²) in [5.41, 5.74) is 6.47. The molecule has 2 aliphatic carbocycles. The molecule has 0 saturated carbocycles. The molecule has 0 saturated heterocycles.